The number of nitrogens with one attached hydrogen (secondary N) is 1. The van der Waals surface area contributed by atoms with Gasteiger partial charge in [0.25, 0.3) is 0 Å². The van der Waals surface area contributed by atoms with Crippen molar-refractivity contribution < 1.29 is 9.53 Å². The van der Waals surface area contributed by atoms with Gasteiger partial charge in [0.05, 0.1) is 12.6 Å². The number of ether oxygens (including phenoxy) is 1. The number of nitrogens with zero attached hydrogens (tertiary/aromatic N) is 1. The highest BCUT2D eigenvalue weighted by Gasteiger charge is 2.45. The van der Waals surface area contributed by atoms with E-state index in [4.69, 9.17) is 10.5 Å². The van der Waals surface area contributed by atoms with Crippen LogP contribution in [-0.4, -0.2) is 43.1 Å². The van der Waals surface area contributed by atoms with Crippen molar-refractivity contribution in [1.29, 1.82) is 0 Å². The molecule has 2 fully saturated rings. The normalized spacial score (nSPS) is 21.0. The molecule has 1 aliphatic carbocycles. The van der Waals surface area contributed by atoms with Crippen molar-refractivity contribution in [3.8, 4) is 5.75 Å². The lowest BCUT2D eigenvalue weighted by atomic mass is 9.96. The number of benzene rings is 1. The number of piperidine rings is 1. The van der Waals surface area contributed by atoms with Crippen molar-refractivity contribution in [2.45, 2.75) is 37.8 Å². The minimum atomic E-state index is -0.547. The SMILES string of the molecule is COc1ccc(CN2CCC(CNC(=O)C3(N)CC3)CC2)cc1. The van der Waals surface area contributed by atoms with Gasteiger partial charge in [-0.1, -0.05) is 12.1 Å². The van der Waals surface area contributed by atoms with Gasteiger partial charge < -0.3 is 15.8 Å². The van der Waals surface area contributed by atoms with Crippen LogP contribution in [0.2, 0.25) is 0 Å². The van der Waals surface area contributed by atoms with E-state index in [1.165, 1.54) is 5.56 Å². The number of carbonyl (C=O) groups excluding carboxylic acids is 1. The number of methoxy groups -OCH3 is 1. The Morgan fingerprint density at radius 2 is 1.96 bits per heavy atom. The molecule has 1 amide bonds. The summed E-state index contributed by atoms with van der Waals surface area (Å²) in [5, 5.41) is 3.04. The number of carbonyl (C=O) groups is 1. The first-order valence-corrected chi connectivity index (χ1v) is 8.51. The lowest BCUT2D eigenvalue weighted by Gasteiger charge is -2.32. The van der Waals surface area contributed by atoms with Crippen molar-refractivity contribution in [2.75, 3.05) is 26.7 Å². The second-order valence-corrected chi connectivity index (χ2v) is 6.93. The molecule has 1 aromatic carbocycles. The Hall–Kier alpha value is -1.59. The van der Waals surface area contributed by atoms with Crippen LogP contribution < -0.4 is 15.8 Å². The number of hydrogen-bond donors (Lipinski definition) is 2. The minimum absolute atomic E-state index is 0.0400. The largest absolute Gasteiger partial charge is 0.497 e. The fourth-order valence-corrected chi connectivity index (χ4v) is 3.11. The van der Waals surface area contributed by atoms with Crippen molar-refractivity contribution in [1.82, 2.24) is 10.2 Å². The molecule has 3 N–H and O–H groups in total. The Morgan fingerprint density at radius 3 is 2.52 bits per heavy atom. The molecule has 0 atom stereocenters. The van der Waals surface area contributed by atoms with Gasteiger partial charge in [-0.3, -0.25) is 9.69 Å². The Balaban J connectivity index is 1.38. The average molecular weight is 317 g/mol. The van der Waals surface area contributed by atoms with Crippen molar-refractivity contribution in [3.63, 3.8) is 0 Å². The maximum absolute atomic E-state index is 11.9. The van der Waals surface area contributed by atoms with Gasteiger partial charge >= 0.3 is 0 Å². The van der Waals surface area contributed by atoms with E-state index >= 15 is 0 Å². The number of hydrogen-bond acceptors (Lipinski definition) is 4. The van der Waals surface area contributed by atoms with Crippen LogP contribution in [0, 0.1) is 5.92 Å². The Morgan fingerprint density at radius 1 is 1.30 bits per heavy atom. The van der Waals surface area contributed by atoms with E-state index in [9.17, 15) is 4.79 Å². The third-order valence-corrected chi connectivity index (χ3v) is 5.06. The Labute approximate surface area is 138 Å². The first kappa shape index (κ1) is 16.3. The molecule has 5 heteroatoms. The van der Waals surface area contributed by atoms with Crippen LogP contribution in [0.3, 0.4) is 0 Å². The number of nitrogens with two attached hydrogens (primary N) is 1. The molecule has 1 saturated heterocycles. The lowest BCUT2D eigenvalue weighted by molar-refractivity contribution is -0.123. The molecule has 3 rings (SSSR count). The summed E-state index contributed by atoms with van der Waals surface area (Å²) in [4.78, 5) is 14.3. The molecule has 23 heavy (non-hydrogen) atoms. The van der Waals surface area contributed by atoms with E-state index in [-0.39, 0.29) is 5.91 Å². The summed E-state index contributed by atoms with van der Waals surface area (Å²) in [7, 11) is 1.69. The van der Waals surface area contributed by atoms with Crippen LogP contribution in [0.5, 0.6) is 5.75 Å². The third kappa shape index (κ3) is 4.24. The zero-order valence-corrected chi connectivity index (χ0v) is 13.9. The van der Waals surface area contributed by atoms with Crippen LogP contribution in [0.25, 0.3) is 0 Å². The molecule has 1 heterocycles. The van der Waals surface area contributed by atoms with Crippen LogP contribution >= 0.6 is 0 Å². The van der Waals surface area contributed by atoms with E-state index < -0.39 is 5.54 Å². The maximum Gasteiger partial charge on any atom is 0.240 e. The van der Waals surface area contributed by atoms with Gasteiger partial charge in [0.2, 0.25) is 5.91 Å². The van der Waals surface area contributed by atoms with Gasteiger partial charge in [-0.2, -0.15) is 0 Å². The van der Waals surface area contributed by atoms with Gasteiger partial charge in [-0.15, -0.1) is 0 Å². The fraction of sp³-hybridized carbons (Fsp3) is 0.611. The molecule has 0 radical (unpaired) electrons. The highest BCUT2D eigenvalue weighted by atomic mass is 16.5. The fourth-order valence-electron chi connectivity index (χ4n) is 3.11. The predicted octanol–water partition coefficient (Wildman–Crippen LogP) is 1.51. The molecule has 0 unspecified atom stereocenters. The summed E-state index contributed by atoms with van der Waals surface area (Å²) in [5.41, 5.74) is 6.67. The minimum Gasteiger partial charge on any atom is -0.497 e. The number of rotatable bonds is 6. The molecule has 0 spiro atoms. The van der Waals surface area contributed by atoms with Crippen LogP contribution in [0.4, 0.5) is 0 Å². The molecule has 1 aliphatic heterocycles. The predicted molar refractivity (Wildman–Crippen MR) is 90.2 cm³/mol. The Kier molecular flexibility index (Phi) is 4.87. The maximum atomic E-state index is 11.9. The topological polar surface area (TPSA) is 67.6 Å². The van der Waals surface area contributed by atoms with Gasteiger partial charge in [0.15, 0.2) is 0 Å². The lowest BCUT2D eigenvalue weighted by Crippen LogP contribution is -2.45. The van der Waals surface area contributed by atoms with Crippen LogP contribution in [-0.2, 0) is 11.3 Å². The molecule has 5 nitrogen and oxygen atoms in total. The Bertz CT molecular complexity index is 532. The van der Waals surface area contributed by atoms with Crippen molar-refractivity contribution in [3.05, 3.63) is 29.8 Å². The van der Waals surface area contributed by atoms with E-state index in [2.05, 4.69) is 22.3 Å². The molecule has 1 saturated carbocycles. The van der Waals surface area contributed by atoms with E-state index in [1.54, 1.807) is 7.11 Å². The quantitative estimate of drug-likeness (QED) is 0.835. The summed E-state index contributed by atoms with van der Waals surface area (Å²) >= 11 is 0. The molecular formula is C18H27N3O2. The monoisotopic (exact) mass is 317 g/mol. The molecular weight excluding hydrogens is 290 g/mol. The highest BCUT2D eigenvalue weighted by Crippen LogP contribution is 2.32. The first-order chi connectivity index (χ1) is 11.1. The molecule has 126 valence electrons. The van der Waals surface area contributed by atoms with Crippen LogP contribution in [0.15, 0.2) is 24.3 Å². The second-order valence-electron chi connectivity index (χ2n) is 6.93. The van der Waals surface area contributed by atoms with Gasteiger partial charge in [0, 0.05) is 13.1 Å². The average Bonchev–Trinajstić information content (AvgIpc) is 3.33. The number of likely N-dealkylation sites (tertiary alicyclic amines) is 1. The summed E-state index contributed by atoms with van der Waals surface area (Å²) in [6.45, 7) is 3.92. The molecule has 0 bridgehead atoms. The smallest absolute Gasteiger partial charge is 0.240 e. The summed E-state index contributed by atoms with van der Waals surface area (Å²) < 4.78 is 5.19. The summed E-state index contributed by atoms with van der Waals surface area (Å²) in [6, 6.07) is 8.28. The van der Waals surface area contributed by atoms with Crippen molar-refractivity contribution in [2.24, 2.45) is 11.7 Å². The van der Waals surface area contributed by atoms with Gasteiger partial charge in [0.1, 0.15) is 5.75 Å². The third-order valence-electron chi connectivity index (χ3n) is 5.06. The first-order valence-electron chi connectivity index (χ1n) is 8.51. The highest BCUT2D eigenvalue weighted by molar-refractivity contribution is 5.88. The van der Waals surface area contributed by atoms with Crippen LogP contribution in [0.1, 0.15) is 31.2 Å². The molecule has 1 aromatic rings. The summed E-state index contributed by atoms with van der Waals surface area (Å²) in [6.07, 6.45) is 3.93. The molecule has 2 aliphatic rings. The van der Waals surface area contributed by atoms with Gasteiger partial charge in [-0.25, -0.2) is 0 Å². The molecule has 0 aromatic heterocycles. The van der Waals surface area contributed by atoms with E-state index in [0.717, 1.165) is 57.6 Å². The zero-order chi connectivity index (χ0) is 16.3. The van der Waals surface area contributed by atoms with Gasteiger partial charge in [-0.05, 0) is 62.4 Å². The zero-order valence-electron chi connectivity index (χ0n) is 13.9. The van der Waals surface area contributed by atoms with Crippen molar-refractivity contribution >= 4 is 5.91 Å². The summed E-state index contributed by atoms with van der Waals surface area (Å²) in [5.74, 6) is 1.52. The second kappa shape index (κ2) is 6.89. The number of amides is 1. The standard InChI is InChI=1S/C18H27N3O2/c1-23-16-4-2-15(3-5-16)13-21-10-6-14(7-11-21)12-20-17(22)18(19)8-9-18/h2-5,14H,6-13,19H2,1H3,(H,20,22). The van der Waals surface area contributed by atoms with E-state index in [0.29, 0.717) is 5.92 Å². The van der Waals surface area contributed by atoms with E-state index in [1.807, 2.05) is 12.1 Å².